The molecule has 0 unspecified atom stereocenters. The van der Waals surface area contributed by atoms with E-state index < -0.39 is 45.9 Å². The summed E-state index contributed by atoms with van der Waals surface area (Å²) in [5, 5.41) is 0.185. The van der Waals surface area contributed by atoms with Gasteiger partial charge in [0, 0.05) is 7.05 Å². The van der Waals surface area contributed by atoms with Crippen LogP contribution in [0.25, 0.3) is 27.2 Å². The molecule has 4 amide bonds. The third kappa shape index (κ3) is 6.51. The first-order valence-corrected chi connectivity index (χ1v) is 20.7. The zero-order chi connectivity index (χ0) is 46.4. The number of carbonyl (C=O) groups is 4. The predicted octanol–water partition coefficient (Wildman–Crippen LogP) is 7.73. The monoisotopic (exact) mass is 886 g/mol. The van der Waals surface area contributed by atoms with Gasteiger partial charge in [-0.05, 0) is 140 Å². The molecule has 0 fully saturated rings. The van der Waals surface area contributed by atoms with Crippen molar-refractivity contribution in [2.24, 2.45) is 7.05 Å². The number of aryl methyl sites for hydroxylation is 1. The lowest BCUT2D eigenvalue weighted by molar-refractivity contribution is 0.0910. The molecule has 0 bridgehead atoms. The van der Waals surface area contributed by atoms with E-state index in [4.69, 9.17) is 14.2 Å². The molecule has 0 saturated heterocycles. The minimum absolute atomic E-state index is 0.0259. The van der Waals surface area contributed by atoms with Gasteiger partial charge in [-0.15, -0.1) is 0 Å². The molecule has 15 heteroatoms. The molecule has 324 valence electrons. The van der Waals surface area contributed by atoms with E-state index in [0.29, 0.717) is 28.7 Å². The average molecular weight is 887 g/mol. The van der Waals surface area contributed by atoms with Crippen LogP contribution in [0.2, 0.25) is 0 Å². The summed E-state index contributed by atoms with van der Waals surface area (Å²) in [5.41, 5.74) is 0.241. The highest BCUT2D eigenvalue weighted by molar-refractivity contribution is 6.35. The van der Waals surface area contributed by atoms with Crippen molar-refractivity contribution in [3.05, 3.63) is 215 Å². The fourth-order valence-corrected chi connectivity index (χ4v) is 8.37. The first kappa shape index (κ1) is 40.3. The number of rotatable bonds is 9. The molecule has 0 atom stereocenters. The van der Waals surface area contributed by atoms with E-state index in [1.54, 1.807) is 66.7 Å². The third-order valence-electron chi connectivity index (χ3n) is 11.8. The average Bonchev–Trinajstić information content (AvgIpc) is 3.92. The minimum Gasteiger partial charge on any atom is -0.457 e. The largest absolute Gasteiger partial charge is 0.457 e. The number of hydrogen-bond donors (Lipinski definition) is 0. The van der Waals surface area contributed by atoms with Crippen LogP contribution in [0.4, 0.5) is 11.4 Å². The molecule has 4 heterocycles. The van der Waals surface area contributed by atoms with Crippen molar-refractivity contribution in [2.75, 3.05) is 9.80 Å². The van der Waals surface area contributed by atoms with Crippen LogP contribution in [0.5, 0.6) is 34.5 Å². The Morgan fingerprint density at radius 2 is 0.642 bits per heavy atom. The second-order valence-electron chi connectivity index (χ2n) is 16.0. The Kier molecular flexibility index (Phi) is 9.06. The Hall–Kier alpha value is -9.50. The number of aromatic nitrogens is 2. The van der Waals surface area contributed by atoms with Crippen LogP contribution in [0.15, 0.2) is 165 Å². The zero-order valence-electron chi connectivity index (χ0n) is 35.1. The molecule has 9 aromatic rings. The molecule has 0 N–H and O–H groups in total. The van der Waals surface area contributed by atoms with Crippen LogP contribution in [0.3, 0.4) is 0 Å². The highest BCUT2D eigenvalue weighted by atomic mass is 16.5. The second-order valence-corrected chi connectivity index (χ2v) is 16.0. The normalized spacial score (nSPS) is 13.2. The van der Waals surface area contributed by atoms with Crippen molar-refractivity contribution in [3.63, 3.8) is 0 Å². The number of ether oxygens (including phenoxy) is 3. The number of hydrogen-bond acceptors (Lipinski definition) is 11. The van der Waals surface area contributed by atoms with Crippen LogP contribution < -0.4 is 46.2 Å². The Labute approximate surface area is 376 Å². The topological polar surface area (TPSA) is 181 Å². The lowest BCUT2D eigenvalue weighted by Crippen LogP contribution is -2.29. The highest BCUT2D eigenvalue weighted by Gasteiger charge is 2.39. The molecule has 2 aliphatic heterocycles. The predicted molar refractivity (Wildman–Crippen MR) is 247 cm³/mol. The molecule has 0 spiro atoms. The number of amides is 4. The SMILES string of the molecule is Cc1ccc(Oc2ccc(N3C(=O)c4ccc(Oc5ccc6c(c5)C(=O)N(c5ccc(Oc7ccc(-n8c(=O)c9cc%10c(=O)n(C)c(=O)c%10cc9c8=O)cc7)cc5)C6=O)cc4C3=O)cc2)cc1. The molecule has 7 aromatic carbocycles. The van der Waals surface area contributed by atoms with Gasteiger partial charge in [-0.25, -0.2) is 14.4 Å². The molecule has 15 nitrogen and oxygen atoms in total. The fraction of sp³-hybridized carbons (Fsp3) is 0.0385. The standard InChI is InChI=1S/C52H30N4O11/c1-27-3-11-31(12-4-27)65-32-13-5-28(6-14-32)54-47(59)37-21-19-35(23-39(37)49(54)61)67-36-20-22-38-40(24-36)50(62)55(48(38)60)29-7-15-33(16-8-29)66-34-17-9-30(10-18-34)56-51(63)43-25-41-42(26-44(43)52(56)64)46(58)53(2)45(41)57/h3-26H,1-2H3. The second kappa shape index (κ2) is 15.1. The summed E-state index contributed by atoms with van der Waals surface area (Å²) >= 11 is 0. The summed E-state index contributed by atoms with van der Waals surface area (Å²) in [6, 6.07) is 38.1. The molecule has 0 radical (unpaired) electrons. The van der Waals surface area contributed by atoms with Crippen molar-refractivity contribution < 1.29 is 33.4 Å². The van der Waals surface area contributed by atoms with E-state index in [-0.39, 0.29) is 66.7 Å². The van der Waals surface area contributed by atoms with Crippen molar-refractivity contribution in [1.82, 2.24) is 9.13 Å². The molecular formula is C52H30N4O11. The van der Waals surface area contributed by atoms with E-state index in [1.165, 1.54) is 61.6 Å². The number of nitrogens with zero attached hydrogens (tertiary/aromatic N) is 4. The maximum atomic E-state index is 13.7. The summed E-state index contributed by atoms with van der Waals surface area (Å²) < 4.78 is 19.8. The smallest absolute Gasteiger partial charge is 0.266 e. The third-order valence-corrected chi connectivity index (χ3v) is 11.8. The number of imide groups is 2. The summed E-state index contributed by atoms with van der Waals surface area (Å²) in [4.78, 5) is 108. The van der Waals surface area contributed by atoms with Gasteiger partial charge in [-0.2, -0.15) is 0 Å². The number of benzene rings is 7. The summed E-state index contributed by atoms with van der Waals surface area (Å²) in [6.07, 6.45) is 0. The van der Waals surface area contributed by atoms with E-state index in [0.717, 1.165) is 24.5 Å². The van der Waals surface area contributed by atoms with Crippen molar-refractivity contribution in [3.8, 4) is 40.2 Å². The van der Waals surface area contributed by atoms with E-state index in [9.17, 15) is 38.4 Å². The first-order chi connectivity index (χ1) is 32.3. The van der Waals surface area contributed by atoms with Crippen molar-refractivity contribution in [2.45, 2.75) is 6.92 Å². The molecular weight excluding hydrogens is 857 g/mol. The molecule has 0 aliphatic carbocycles. The van der Waals surface area contributed by atoms with E-state index >= 15 is 0 Å². The number of fused-ring (bicyclic) bond motifs is 4. The van der Waals surface area contributed by atoms with Gasteiger partial charge in [0.25, 0.3) is 45.9 Å². The Morgan fingerprint density at radius 3 is 1.04 bits per heavy atom. The molecule has 0 saturated carbocycles. The van der Waals surface area contributed by atoms with Gasteiger partial charge < -0.3 is 14.2 Å². The lowest BCUT2D eigenvalue weighted by atomic mass is 10.1. The van der Waals surface area contributed by atoms with Crippen molar-refractivity contribution >= 4 is 56.5 Å². The van der Waals surface area contributed by atoms with Gasteiger partial charge in [0.15, 0.2) is 0 Å². The van der Waals surface area contributed by atoms with Crippen molar-refractivity contribution in [1.29, 1.82) is 0 Å². The summed E-state index contributed by atoms with van der Waals surface area (Å²) in [6.45, 7) is 1.98. The lowest BCUT2D eigenvalue weighted by Gasteiger charge is -2.14. The van der Waals surface area contributed by atoms with Gasteiger partial charge in [0.2, 0.25) is 0 Å². The Balaban J connectivity index is 0.758. The van der Waals surface area contributed by atoms with Crippen LogP contribution >= 0.6 is 0 Å². The quantitative estimate of drug-likeness (QED) is 0.130. The van der Waals surface area contributed by atoms with Gasteiger partial charge in [0.1, 0.15) is 34.5 Å². The Morgan fingerprint density at radius 1 is 0.328 bits per heavy atom. The van der Waals surface area contributed by atoms with Gasteiger partial charge in [-0.1, -0.05) is 17.7 Å². The van der Waals surface area contributed by atoms with E-state index in [1.807, 2.05) is 31.2 Å². The summed E-state index contributed by atoms with van der Waals surface area (Å²) in [5.74, 6) is 0.205. The van der Waals surface area contributed by atoms with Gasteiger partial charge >= 0.3 is 0 Å². The first-order valence-electron chi connectivity index (χ1n) is 20.7. The molecule has 2 aliphatic rings. The minimum atomic E-state index is -0.633. The number of carbonyl (C=O) groups excluding carboxylic acids is 4. The van der Waals surface area contributed by atoms with E-state index in [2.05, 4.69) is 0 Å². The van der Waals surface area contributed by atoms with Crippen LogP contribution in [0, 0.1) is 6.92 Å². The maximum Gasteiger partial charge on any atom is 0.266 e. The fourth-order valence-electron chi connectivity index (χ4n) is 8.37. The number of anilines is 2. The highest BCUT2D eigenvalue weighted by Crippen LogP contribution is 2.37. The molecule has 2 aromatic heterocycles. The van der Waals surface area contributed by atoms with Gasteiger partial charge in [0.05, 0.1) is 60.9 Å². The molecule has 67 heavy (non-hydrogen) atoms. The molecule has 11 rings (SSSR count). The van der Waals surface area contributed by atoms with Crippen LogP contribution in [-0.2, 0) is 7.05 Å². The van der Waals surface area contributed by atoms with Gasteiger partial charge in [-0.3, -0.25) is 42.9 Å². The summed E-state index contributed by atoms with van der Waals surface area (Å²) in [7, 11) is 1.33. The maximum absolute atomic E-state index is 13.7. The van der Waals surface area contributed by atoms with Crippen LogP contribution in [0.1, 0.15) is 47.0 Å². The van der Waals surface area contributed by atoms with Crippen LogP contribution in [-0.4, -0.2) is 32.8 Å². The Bertz CT molecular complexity index is 3770. The zero-order valence-corrected chi connectivity index (χ0v) is 35.1.